The van der Waals surface area contributed by atoms with Crippen molar-refractivity contribution in [2.45, 2.75) is 101 Å². The van der Waals surface area contributed by atoms with Crippen LogP contribution in [0.5, 0.6) is 28.7 Å². The Labute approximate surface area is 646 Å². The first-order valence-corrected chi connectivity index (χ1v) is 37.6. The summed E-state index contributed by atoms with van der Waals surface area (Å²) in [7, 11) is 0. The molecule has 3 unspecified atom stereocenters. The van der Waals surface area contributed by atoms with E-state index in [0.29, 0.717) is 52.4 Å². The van der Waals surface area contributed by atoms with Gasteiger partial charge in [-0.3, -0.25) is 24.0 Å². The Bertz CT molecular complexity index is 5760. The van der Waals surface area contributed by atoms with Crippen molar-refractivity contribution in [2.75, 3.05) is 6.61 Å². The van der Waals surface area contributed by atoms with Crippen molar-refractivity contribution in [3.63, 3.8) is 0 Å². The van der Waals surface area contributed by atoms with Gasteiger partial charge >= 0.3 is 5.56 Å². The summed E-state index contributed by atoms with van der Waals surface area (Å²) in [5.74, 6) is 5.64. The molecular formula is C92H78FN5O15. The number of benzene rings is 10. The van der Waals surface area contributed by atoms with Crippen LogP contribution in [0.15, 0.2) is 307 Å². The first-order chi connectivity index (χ1) is 55.3. The third kappa shape index (κ3) is 17.1. The molecule has 5 aliphatic carbocycles. The zero-order valence-electron chi connectivity index (χ0n) is 61.5. The first-order valence-electron chi connectivity index (χ1n) is 37.6. The van der Waals surface area contributed by atoms with E-state index in [1.807, 2.05) is 114 Å². The third-order valence-corrected chi connectivity index (χ3v) is 20.9. The number of nitrogens with one attached hydrogen (secondary N) is 5. The number of aromatic amines is 5. The van der Waals surface area contributed by atoms with Crippen molar-refractivity contribution in [2.24, 2.45) is 0 Å². The highest BCUT2D eigenvalue weighted by Crippen LogP contribution is 2.41. The molecule has 0 saturated carbocycles. The van der Waals surface area contributed by atoms with E-state index in [-0.39, 0.29) is 52.4 Å². The number of fused-ring (bicyclic) bond motifs is 5. The van der Waals surface area contributed by atoms with Gasteiger partial charge in [-0.25, -0.2) is 0 Å². The van der Waals surface area contributed by atoms with Gasteiger partial charge < -0.3 is 46.3 Å². The van der Waals surface area contributed by atoms with Gasteiger partial charge in [-0.15, -0.1) is 0 Å². The molecule has 0 radical (unpaired) electrons. The normalized spacial score (nSPS) is 16.4. The Morgan fingerprint density at radius 1 is 0.319 bits per heavy atom. The number of aryl methyl sites for hydroxylation is 5. The Balaban J connectivity index is 0.000000107. The van der Waals surface area contributed by atoms with Crippen molar-refractivity contribution in [1.29, 1.82) is 0 Å². The van der Waals surface area contributed by atoms with Crippen LogP contribution < -0.4 is 51.5 Å². The second-order valence-electron chi connectivity index (χ2n) is 28.1. The number of hydrogen-bond acceptors (Lipinski definition) is 15. The molecule has 113 heavy (non-hydrogen) atoms. The van der Waals surface area contributed by atoms with E-state index in [9.17, 15) is 28.4 Å². The van der Waals surface area contributed by atoms with Crippen molar-refractivity contribution in [3.05, 3.63) is 380 Å². The lowest BCUT2D eigenvalue weighted by Gasteiger charge is -2.15. The molecule has 21 heteroatoms. The molecule has 0 fully saturated rings. The predicted octanol–water partition coefficient (Wildman–Crippen LogP) is 19.0. The van der Waals surface area contributed by atoms with Gasteiger partial charge in [-0.1, -0.05) is 121 Å². The highest BCUT2D eigenvalue weighted by Gasteiger charge is 2.29. The van der Waals surface area contributed by atoms with E-state index in [1.165, 1.54) is 73.8 Å². The third-order valence-electron chi connectivity index (χ3n) is 20.9. The highest BCUT2D eigenvalue weighted by molar-refractivity contribution is 5.63. The molecule has 0 bridgehead atoms. The van der Waals surface area contributed by atoms with Crippen LogP contribution in [0, 0.1) is 12.7 Å². The van der Waals surface area contributed by atoms with Gasteiger partial charge in [0.25, 0.3) is 22.2 Å². The largest absolute Gasteiger partial charge is 0.493 e. The summed E-state index contributed by atoms with van der Waals surface area (Å²) in [4.78, 5) is 55.8. The lowest BCUT2D eigenvalue weighted by atomic mass is 10.0. The zero-order valence-corrected chi connectivity index (χ0v) is 61.5. The van der Waals surface area contributed by atoms with Crippen molar-refractivity contribution in [1.82, 2.24) is 25.8 Å². The van der Waals surface area contributed by atoms with E-state index in [4.69, 9.17) is 46.3 Å². The van der Waals surface area contributed by atoms with Crippen LogP contribution in [0.25, 0.3) is 56.6 Å². The van der Waals surface area contributed by atoms with Crippen LogP contribution in [0.1, 0.15) is 124 Å². The van der Waals surface area contributed by atoms with Gasteiger partial charge in [0.2, 0.25) is 11.6 Å². The van der Waals surface area contributed by atoms with E-state index >= 15 is 0 Å². The van der Waals surface area contributed by atoms with Gasteiger partial charge in [-0.2, -0.15) is 30.2 Å². The van der Waals surface area contributed by atoms with Gasteiger partial charge in [0, 0.05) is 33.7 Å². The monoisotopic (exact) mass is 1510 g/mol. The average molecular weight is 1510 g/mol. The van der Waals surface area contributed by atoms with Crippen LogP contribution in [-0.4, -0.2) is 32.4 Å². The number of ether oxygens (including phenoxy) is 5. The number of aromatic nitrogens is 5. The summed E-state index contributed by atoms with van der Waals surface area (Å²) in [6, 6.07) is 83.7. The van der Waals surface area contributed by atoms with Crippen LogP contribution in [0.3, 0.4) is 0 Å². The fourth-order valence-corrected chi connectivity index (χ4v) is 15.1. The van der Waals surface area contributed by atoms with Crippen molar-refractivity contribution < 1.29 is 50.7 Å². The second-order valence-corrected chi connectivity index (χ2v) is 28.1. The zero-order chi connectivity index (χ0) is 77.2. The number of hydrogen-bond donors (Lipinski definition) is 5. The summed E-state index contributed by atoms with van der Waals surface area (Å²) in [5.41, 5.74) is 16.1. The Morgan fingerprint density at radius 3 is 0.929 bits per heavy atom. The minimum atomic E-state index is -0.914. The molecule has 5 aromatic heterocycles. The molecule has 0 amide bonds. The fourth-order valence-electron chi connectivity index (χ4n) is 15.1. The van der Waals surface area contributed by atoms with Gasteiger partial charge in [0.15, 0.2) is 23.0 Å². The minimum Gasteiger partial charge on any atom is -0.493 e. The standard InChI is InChI=1S/2C19H17NO3.C18H14FNO3.2C18H15NO3/c1-12-18(23-20-19(12)21)14-6-9-15(10-7-14)22-17-11-8-13-4-2-3-5-16(13)17;21-19-11-18(23-20-19)14-7-9-16(10-8-14)22-12-15-6-5-13-3-1-2-4-17(13)15;19-16-17(23-20-18(16)21)12-5-8-13(9-6-12)22-15-10-7-11-3-1-2-4-14(11)15;2*20-18-11-17(22-19-18)13-5-8-14(9-6-13)21-16-10-7-12-3-1-2-4-15(12)16/h2-7,9-10,17H,8,11H2,1H3,(H,20,21);1-4,7-11,15H,5-6,12H2,(H,20,21);1-6,8-9,15H,7,10H2,(H,20,21);2*1-6,8-9,11,16H,7,10H2,(H,19,20)/t;;;2*16-/m...10/s1. The predicted molar refractivity (Wildman–Crippen MR) is 424 cm³/mol. The molecule has 5 aliphatic rings. The Kier molecular flexibility index (Phi) is 21.8. The highest BCUT2D eigenvalue weighted by atomic mass is 19.1. The molecule has 10 aromatic carbocycles. The Morgan fingerprint density at radius 2 is 0.611 bits per heavy atom. The molecule has 0 saturated heterocycles. The first kappa shape index (κ1) is 73.3. The molecule has 20 rings (SSSR count). The quantitative estimate of drug-likeness (QED) is 0.0601. The van der Waals surface area contributed by atoms with Crippen LogP contribution >= 0.6 is 0 Å². The molecular weight excluding hydrogens is 1430 g/mol. The number of H-pyrrole nitrogens is 5. The number of halogens is 1. The van der Waals surface area contributed by atoms with E-state index in [0.717, 1.165) is 109 Å². The van der Waals surface area contributed by atoms with Gasteiger partial charge in [0.1, 0.15) is 53.2 Å². The van der Waals surface area contributed by atoms with Crippen LogP contribution in [-0.2, 0) is 32.1 Å². The maximum atomic E-state index is 13.6. The van der Waals surface area contributed by atoms with E-state index in [2.05, 4.69) is 130 Å². The Hall–Kier alpha value is -13.8. The summed E-state index contributed by atoms with van der Waals surface area (Å²) in [6.45, 7) is 2.44. The maximum Gasteiger partial charge on any atom is 0.316 e. The SMILES string of the molecule is Cc1c(-c2ccc(OC3CCc4ccccc43)cc2)o[nH]c1=O.O=c1[nH]oc(-c2ccc(OC3CCc4ccccc43)cc2)c1F.O=c1cc(-c2ccc(OCC3CCc4ccccc43)cc2)o[nH]1.O=c1cc(-c2ccc(O[C@@H]3CCc4ccccc43)cc2)o[nH]1.O=c1cc(-c2ccc(O[C@H]3CCc4ccccc43)cc2)o[nH]1. The minimum absolute atomic E-state index is 0.0407. The molecule has 15 aromatic rings. The summed E-state index contributed by atoms with van der Waals surface area (Å²) < 4.78 is 69.2. The molecule has 0 spiro atoms. The average Bonchev–Trinajstić information content (AvgIpc) is 1.71. The van der Waals surface area contributed by atoms with E-state index < -0.39 is 11.4 Å². The van der Waals surface area contributed by atoms with Crippen molar-refractivity contribution in [3.8, 4) is 85.4 Å². The summed E-state index contributed by atoms with van der Waals surface area (Å²) in [6.07, 6.45) is 10.8. The number of rotatable bonds is 16. The fraction of sp³-hybridized carbons (Fsp3) is 0.185. The molecule has 5 heterocycles. The van der Waals surface area contributed by atoms with E-state index in [1.54, 1.807) is 31.2 Å². The molecule has 568 valence electrons. The lowest BCUT2D eigenvalue weighted by Crippen LogP contribution is -2.07. The topological polar surface area (TPSA) is 276 Å². The molecule has 20 nitrogen and oxygen atoms in total. The van der Waals surface area contributed by atoms with Gasteiger partial charge in [0.05, 0.1) is 30.4 Å². The van der Waals surface area contributed by atoms with Crippen LogP contribution in [0.4, 0.5) is 4.39 Å². The smallest absolute Gasteiger partial charge is 0.316 e. The maximum absolute atomic E-state index is 13.6. The second kappa shape index (κ2) is 33.6. The van der Waals surface area contributed by atoms with Crippen molar-refractivity contribution >= 4 is 0 Å². The van der Waals surface area contributed by atoms with Crippen LogP contribution in [0.2, 0.25) is 0 Å². The molecule has 5 N–H and O–H groups in total. The lowest BCUT2D eigenvalue weighted by molar-refractivity contribution is 0.207. The molecule has 0 aliphatic heterocycles. The summed E-state index contributed by atoms with van der Waals surface area (Å²) in [5, 5.41) is 11.2. The molecule has 5 atom stereocenters. The summed E-state index contributed by atoms with van der Waals surface area (Å²) >= 11 is 0. The van der Waals surface area contributed by atoms with Gasteiger partial charge in [-0.05, 0) is 248 Å².